The molecule has 7 rings (SSSR count). The summed E-state index contributed by atoms with van der Waals surface area (Å²) in [6, 6.07) is 23.0. The fourth-order valence-corrected chi connectivity index (χ4v) is 5.96. The molecule has 0 saturated carbocycles. The van der Waals surface area contributed by atoms with Gasteiger partial charge in [0.25, 0.3) is 0 Å². The Morgan fingerprint density at radius 3 is 1.66 bits per heavy atom. The number of ether oxygens (including phenoxy) is 1. The van der Waals surface area contributed by atoms with E-state index in [9.17, 15) is 14.4 Å². The zero-order chi connectivity index (χ0) is 22.0. The quantitative estimate of drug-likeness (QED) is 0.467. The van der Waals surface area contributed by atoms with Crippen LogP contribution in [0.3, 0.4) is 0 Å². The molecule has 3 aromatic rings. The number of para-hydroxylation sites is 1. The number of amides is 2. The van der Waals surface area contributed by atoms with Gasteiger partial charge in [-0.15, -0.1) is 0 Å². The molecule has 32 heavy (non-hydrogen) atoms. The molecule has 2 atom stereocenters. The van der Waals surface area contributed by atoms with E-state index in [-0.39, 0.29) is 35.8 Å². The first-order valence-electron chi connectivity index (χ1n) is 10.9. The number of hydrogen-bond donors (Lipinski definition) is 0. The van der Waals surface area contributed by atoms with Crippen LogP contribution in [0.15, 0.2) is 72.8 Å². The van der Waals surface area contributed by atoms with Crippen LogP contribution >= 0.6 is 0 Å². The van der Waals surface area contributed by atoms with Crippen molar-refractivity contribution in [1.29, 1.82) is 0 Å². The summed E-state index contributed by atoms with van der Waals surface area (Å²) in [6.07, 6.45) is 0. The van der Waals surface area contributed by atoms with Crippen LogP contribution < -0.4 is 4.90 Å². The summed E-state index contributed by atoms with van der Waals surface area (Å²) < 4.78 is 5.19. The van der Waals surface area contributed by atoms with E-state index in [4.69, 9.17) is 4.74 Å². The highest BCUT2D eigenvalue weighted by Gasteiger charge is 2.62. The molecule has 0 aromatic heterocycles. The molecule has 2 amide bonds. The number of rotatable bonds is 3. The molecule has 3 aromatic carbocycles. The summed E-state index contributed by atoms with van der Waals surface area (Å²) >= 11 is 0. The molecule has 1 aliphatic heterocycles. The van der Waals surface area contributed by atoms with Gasteiger partial charge in [0, 0.05) is 11.8 Å². The van der Waals surface area contributed by atoms with E-state index in [2.05, 4.69) is 24.3 Å². The third kappa shape index (κ3) is 2.36. The number of anilines is 1. The van der Waals surface area contributed by atoms with Gasteiger partial charge >= 0.3 is 5.97 Å². The van der Waals surface area contributed by atoms with Gasteiger partial charge in [-0.2, -0.15) is 0 Å². The molecule has 0 spiro atoms. The zero-order valence-corrected chi connectivity index (χ0v) is 17.5. The van der Waals surface area contributed by atoms with E-state index in [1.807, 2.05) is 24.3 Å². The first kappa shape index (κ1) is 19.0. The van der Waals surface area contributed by atoms with E-state index in [1.165, 1.54) is 4.90 Å². The molecular formula is C27H21NO4. The van der Waals surface area contributed by atoms with E-state index in [1.54, 1.807) is 31.2 Å². The lowest BCUT2D eigenvalue weighted by atomic mass is 9.55. The topological polar surface area (TPSA) is 63.7 Å². The molecule has 1 saturated heterocycles. The largest absolute Gasteiger partial charge is 0.462 e. The Kier molecular flexibility index (Phi) is 4.09. The van der Waals surface area contributed by atoms with Crippen molar-refractivity contribution in [2.45, 2.75) is 18.8 Å². The van der Waals surface area contributed by atoms with Crippen molar-refractivity contribution in [1.82, 2.24) is 0 Å². The number of carbonyl (C=O) groups excluding carboxylic acids is 3. The summed E-state index contributed by atoms with van der Waals surface area (Å²) in [5, 5.41) is 0. The number of imide groups is 1. The second-order valence-electron chi connectivity index (χ2n) is 8.51. The summed E-state index contributed by atoms with van der Waals surface area (Å²) in [7, 11) is 0. The van der Waals surface area contributed by atoms with Crippen LogP contribution in [0.4, 0.5) is 5.69 Å². The van der Waals surface area contributed by atoms with Gasteiger partial charge in [0.2, 0.25) is 11.8 Å². The second-order valence-corrected chi connectivity index (χ2v) is 8.51. The predicted molar refractivity (Wildman–Crippen MR) is 118 cm³/mol. The number of carbonyl (C=O) groups is 3. The third-order valence-electron chi connectivity index (χ3n) is 7.09. The lowest BCUT2D eigenvalue weighted by molar-refractivity contribution is -0.122. The second kappa shape index (κ2) is 6.89. The maximum atomic E-state index is 13.8. The highest BCUT2D eigenvalue weighted by atomic mass is 16.5. The Hall–Kier alpha value is -3.73. The maximum Gasteiger partial charge on any atom is 0.340 e. The fourth-order valence-electron chi connectivity index (χ4n) is 5.96. The van der Waals surface area contributed by atoms with Crippen molar-refractivity contribution < 1.29 is 19.1 Å². The van der Waals surface area contributed by atoms with Gasteiger partial charge in [-0.3, -0.25) is 9.59 Å². The Labute approximate surface area is 185 Å². The molecule has 1 fully saturated rings. The molecule has 0 radical (unpaired) electrons. The van der Waals surface area contributed by atoms with Crippen molar-refractivity contribution in [2.75, 3.05) is 11.5 Å². The minimum absolute atomic E-state index is 0.173. The lowest BCUT2D eigenvalue weighted by Crippen LogP contribution is -2.41. The van der Waals surface area contributed by atoms with Gasteiger partial charge in [0.05, 0.1) is 29.7 Å². The monoisotopic (exact) mass is 423 g/mol. The van der Waals surface area contributed by atoms with E-state index >= 15 is 0 Å². The average Bonchev–Trinajstić information content (AvgIpc) is 3.09. The van der Waals surface area contributed by atoms with E-state index < -0.39 is 17.8 Å². The first-order chi connectivity index (χ1) is 15.6. The molecular weight excluding hydrogens is 402 g/mol. The van der Waals surface area contributed by atoms with E-state index in [0.29, 0.717) is 5.69 Å². The molecule has 5 heteroatoms. The summed E-state index contributed by atoms with van der Waals surface area (Å²) in [5.41, 5.74) is 5.04. The molecule has 2 unspecified atom stereocenters. The molecule has 3 aliphatic carbocycles. The number of nitrogens with zero attached hydrogens (tertiary/aromatic N) is 1. The van der Waals surface area contributed by atoms with Crippen LogP contribution in [0.1, 0.15) is 51.4 Å². The van der Waals surface area contributed by atoms with E-state index in [0.717, 1.165) is 22.3 Å². The third-order valence-corrected chi connectivity index (χ3v) is 7.09. The lowest BCUT2D eigenvalue weighted by Gasteiger charge is -2.45. The van der Waals surface area contributed by atoms with Crippen LogP contribution in [0.2, 0.25) is 0 Å². The molecule has 0 N–H and O–H groups in total. The highest BCUT2D eigenvalue weighted by molar-refractivity contribution is 6.25. The van der Waals surface area contributed by atoms with Gasteiger partial charge in [-0.25, -0.2) is 9.69 Å². The number of hydrogen-bond acceptors (Lipinski definition) is 4. The summed E-state index contributed by atoms with van der Waals surface area (Å²) in [6.45, 7) is 1.95. The Bertz CT molecular complexity index is 1180. The zero-order valence-electron chi connectivity index (χ0n) is 17.5. The minimum Gasteiger partial charge on any atom is -0.462 e. The van der Waals surface area contributed by atoms with Crippen LogP contribution in [0.25, 0.3) is 0 Å². The standard InChI is InChI=1S/C27H21NO4/c1-2-32-27(31)19-13-7-8-14-20(19)28-25(29)23-21-15-9-3-4-10-16(15)22(24(23)26(28)30)18-12-6-5-11-17(18)21/h3-14,21-24H,2H2,1H3. The molecule has 1 heterocycles. The van der Waals surface area contributed by atoms with Crippen LogP contribution in [0.5, 0.6) is 0 Å². The maximum absolute atomic E-state index is 13.8. The SMILES string of the molecule is CCOC(=O)c1ccccc1N1C(=O)C2C3c4ccccc4C(c4ccccc43)C2C1=O. The van der Waals surface area contributed by atoms with Crippen LogP contribution in [-0.2, 0) is 14.3 Å². The van der Waals surface area contributed by atoms with Gasteiger partial charge in [-0.1, -0.05) is 60.7 Å². The average molecular weight is 423 g/mol. The van der Waals surface area contributed by atoms with Crippen molar-refractivity contribution in [2.24, 2.45) is 11.8 Å². The highest BCUT2D eigenvalue weighted by Crippen LogP contribution is 2.61. The predicted octanol–water partition coefficient (Wildman–Crippen LogP) is 4.26. The fraction of sp³-hybridized carbons (Fsp3) is 0.222. The molecule has 5 nitrogen and oxygen atoms in total. The molecule has 4 aliphatic rings. The van der Waals surface area contributed by atoms with Crippen molar-refractivity contribution >= 4 is 23.5 Å². The van der Waals surface area contributed by atoms with Gasteiger partial charge in [0.1, 0.15) is 0 Å². The van der Waals surface area contributed by atoms with Crippen LogP contribution in [0, 0.1) is 11.8 Å². The van der Waals surface area contributed by atoms with Gasteiger partial charge in [0.15, 0.2) is 0 Å². The van der Waals surface area contributed by atoms with Crippen molar-refractivity contribution in [3.05, 3.63) is 101 Å². The van der Waals surface area contributed by atoms with Crippen LogP contribution in [-0.4, -0.2) is 24.4 Å². The summed E-state index contributed by atoms with van der Waals surface area (Å²) in [4.78, 5) is 41.5. The Morgan fingerprint density at radius 2 is 1.19 bits per heavy atom. The van der Waals surface area contributed by atoms with Gasteiger partial charge in [-0.05, 0) is 41.3 Å². The Balaban J connectivity index is 1.53. The first-order valence-corrected chi connectivity index (χ1v) is 10.9. The molecule has 2 bridgehead atoms. The number of benzene rings is 3. The minimum atomic E-state index is -0.534. The summed E-state index contributed by atoms with van der Waals surface area (Å²) in [5.74, 6) is -2.32. The Morgan fingerprint density at radius 1 is 0.750 bits per heavy atom. The van der Waals surface area contributed by atoms with Crippen molar-refractivity contribution in [3.8, 4) is 0 Å². The number of esters is 1. The van der Waals surface area contributed by atoms with Crippen molar-refractivity contribution in [3.63, 3.8) is 0 Å². The van der Waals surface area contributed by atoms with Gasteiger partial charge < -0.3 is 4.74 Å². The molecule has 158 valence electrons. The normalized spacial score (nSPS) is 24.7. The smallest absolute Gasteiger partial charge is 0.340 e.